The van der Waals surface area contributed by atoms with Gasteiger partial charge in [0.15, 0.2) is 11.5 Å². The number of fused-ring (bicyclic) bond motifs is 2. The van der Waals surface area contributed by atoms with E-state index in [0.717, 1.165) is 28.6 Å². The lowest BCUT2D eigenvalue weighted by atomic mass is 10.1. The van der Waals surface area contributed by atoms with Crippen LogP contribution in [-0.2, 0) is 0 Å². The summed E-state index contributed by atoms with van der Waals surface area (Å²) in [6.07, 6.45) is 0. The summed E-state index contributed by atoms with van der Waals surface area (Å²) in [5, 5.41) is 1.05. The van der Waals surface area contributed by atoms with E-state index in [-0.39, 0.29) is 0 Å². The number of ether oxygens (including phenoxy) is 1. The predicted octanol–water partition coefficient (Wildman–Crippen LogP) is 6.57. The van der Waals surface area contributed by atoms with Gasteiger partial charge in [0.05, 0.1) is 27.1 Å². The fourth-order valence-electron chi connectivity index (χ4n) is 2.63. The van der Waals surface area contributed by atoms with Crippen molar-refractivity contribution in [1.82, 2.24) is 0 Å². The van der Waals surface area contributed by atoms with E-state index < -0.39 is 0 Å². The normalized spacial score (nSPS) is 12.4. The second-order valence-corrected chi connectivity index (χ2v) is 5.73. The molecule has 108 valence electrons. The van der Waals surface area contributed by atoms with Gasteiger partial charge in [0.25, 0.3) is 0 Å². The highest BCUT2D eigenvalue weighted by Gasteiger charge is 2.26. The third-order valence-electron chi connectivity index (χ3n) is 3.60. The van der Waals surface area contributed by atoms with Gasteiger partial charge < -0.3 is 9.64 Å². The summed E-state index contributed by atoms with van der Waals surface area (Å²) in [5.74, 6) is 1.58. The Balaban J connectivity index is 2.01. The van der Waals surface area contributed by atoms with Gasteiger partial charge in [0.2, 0.25) is 0 Å². The molecule has 22 heavy (non-hydrogen) atoms. The van der Waals surface area contributed by atoms with Gasteiger partial charge in [-0.2, -0.15) is 0 Å². The van der Waals surface area contributed by atoms with Crippen molar-refractivity contribution in [1.29, 1.82) is 0 Å². The molecule has 3 aromatic carbocycles. The molecule has 4 heteroatoms. The summed E-state index contributed by atoms with van der Waals surface area (Å²) < 4.78 is 5.98. The maximum absolute atomic E-state index is 6.45. The fourth-order valence-corrected chi connectivity index (χ4v) is 3.01. The maximum Gasteiger partial charge on any atom is 0.151 e. The Morgan fingerprint density at radius 3 is 1.82 bits per heavy atom. The first-order valence-corrected chi connectivity index (χ1v) is 7.61. The van der Waals surface area contributed by atoms with Crippen LogP contribution in [0.2, 0.25) is 10.0 Å². The van der Waals surface area contributed by atoms with Crippen LogP contribution >= 0.6 is 23.2 Å². The monoisotopic (exact) mass is 327 g/mol. The maximum atomic E-state index is 6.45. The number of rotatable bonds is 1. The van der Waals surface area contributed by atoms with E-state index in [9.17, 15) is 0 Å². The number of hydrogen-bond donors (Lipinski definition) is 0. The molecule has 0 bridgehead atoms. The zero-order chi connectivity index (χ0) is 15.1. The molecule has 0 aromatic heterocycles. The number of hydrogen-bond acceptors (Lipinski definition) is 2. The third kappa shape index (κ3) is 2.04. The number of anilines is 3. The first-order chi connectivity index (χ1) is 10.8. The van der Waals surface area contributed by atoms with Gasteiger partial charge in [-0.25, -0.2) is 0 Å². The molecule has 2 nitrogen and oxygen atoms in total. The summed E-state index contributed by atoms with van der Waals surface area (Å²) in [6.45, 7) is 0. The van der Waals surface area contributed by atoms with E-state index in [1.54, 1.807) is 6.07 Å². The van der Waals surface area contributed by atoms with E-state index in [1.807, 2.05) is 60.7 Å². The van der Waals surface area contributed by atoms with E-state index in [0.29, 0.717) is 10.0 Å². The highest BCUT2D eigenvalue weighted by molar-refractivity contribution is 6.44. The molecule has 1 aliphatic rings. The molecule has 0 unspecified atom stereocenters. The van der Waals surface area contributed by atoms with Crippen molar-refractivity contribution >= 4 is 40.3 Å². The summed E-state index contributed by atoms with van der Waals surface area (Å²) in [7, 11) is 0. The van der Waals surface area contributed by atoms with Gasteiger partial charge in [0, 0.05) is 0 Å². The van der Waals surface area contributed by atoms with Crippen LogP contribution < -0.4 is 9.64 Å². The molecule has 0 spiro atoms. The van der Waals surface area contributed by atoms with Crippen LogP contribution in [0.5, 0.6) is 11.5 Å². The molecular formula is C18H11Cl2NO. The largest absolute Gasteiger partial charge is 0.453 e. The van der Waals surface area contributed by atoms with Crippen LogP contribution in [-0.4, -0.2) is 0 Å². The van der Waals surface area contributed by atoms with Crippen LogP contribution in [0.15, 0.2) is 66.7 Å². The standard InChI is InChI=1S/C18H11Cl2NO/c19-12-6-5-9-15(18(12)20)21-13-7-1-3-10-16(13)22-17-11-4-2-8-14(17)21/h1-11H. The summed E-state index contributed by atoms with van der Waals surface area (Å²) >= 11 is 12.6. The lowest BCUT2D eigenvalue weighted by molar-refractivity contribution is 0.477. The van der Waals surface area contributed by atoms with Crippen LogP contribution in [0.1, 0.15) is 0 Å². The summed E-state index contributed by atoms with van der Waals surface area (Å²) in [4.78, 5) is 2.07. The Morgan fingerprint density at radius 2 is 1.18 bits per heavy atom. The van der Waals surface area contributed by atoms with E-state index in [4.69, 9.17) is 27.9 Å². The molecule has 0 radical (unpaired) electrons. The molecule has 0 saturated carbocycles. The SMILES string of the molecule is Clc1cccc(N2c3ccccc3Oc3ccccc32)c1Cl. The molecule has 3 aromatic rings. The van der Waals surface area contributed by atoms with Gasteiger partial charge in [0.1, 0.15) is 0 Å². The smallest absolute Gasteiger partial charge is 0.151 e. The van der Waals surface area contributed by atoms with E-state index >= 15 is 0 Å². The molecule has 0 N–H and O–H groups in total. The molecule has 0 atom stereocenters. The zero-order valence-corrected chi connectivity index (χ0v) is 13.0. The number of halogens is 2. The molecule has 0 saturated heterocycles. The molecule has 1 aliphatic heterocycles. The number of nitrogens with zero attached hydrogens (tertiary/aromatic N) is 1. The molecule has 4 rings (SSSR count). The van der Waals surface area contributed by atoms with Crippen LogP contribution in [0.4, 0.5) is 17.1 Å². The van der Waals surface area contributed by atoms with Crippen molar-refractivity contribution in [3.63, 3.8) is 0 Å². The zero-order valence-electron chi connectivity index (χ0n) is 11.5. The average Bonchev–Trinajstić information content (AvgIpc) is 2.55. The van der Waals surface area contributed by atoms with Gasteiger partial charge in [-0.15, -0.1) is 0 Å². The molecular weight excluding hydrogens is 317 g/mol. The van der Waals surface area contributed by atoms with E-state index in [2.05, 4.69) is 4.90 Å². The lowest BCUT2D eigenvalue weighted by Crippen LogP contribution is -2.16. The Morgan fingerprint density at radius 1 is 0.636 bits per heavy atom. The van der Waals surface area contributed by atoms with Crippen molar-refractivity contribution in [2.24, 2.45) is 0 Å². The minimum atomic E-state index is 0.524. The molecule has 0 fully saturated rings. The van der Waals surface area contributed by atoms with Gasteiger partial charge in [-0.05, 0) is 36.4 Å². The van der Waals surface area contributed by atoms with Crippen molar-refractivity contribution in [2.75, 3.05) is 4.90 Å². The molecule has 0 aliphatic carbocycles. The van der Waals surface area contributed by atoms with Crippen LogP contribution in [0.25, 0.3) is 0 Å². The van der Waals surface area contributed by atoms with Crippen molar-refractivity contribution in [3.8, 4) is 11.5 Å². The van der Waals surface area contributed by atoms with Crippen molar-refractivity contribution in [3.05, 3.63) is 76.8 Å². The van der Waals surface area contributed by atoms with Crippen molar-refractivity contribution in [2.45, 2.75) is 0 Å². The van der Waals surface area contributed by atoms with Crippen LogP contribution in [0, 0.1) is 0 Å². The van der Waals surface area contributed by atoms with Crippen molar-refractivity contribution < 1.29 is 4.74 Å². The Hall–Kier alpha value is -2.16. The first kappa shape index (κ1) is 13.5. The second kappa shape index (κ2) is 5.24. The quantitative estimate of drug-likeness (QED) is 0.392. The number of benzene rings is 3. The first-order valence-electron chi connectivity index (χ1n) is 6.86. The van der Waals surface area contributed by atoms with Gasteiger partial charge in [-0.1, -0.05) is 53.5 Å². The fraction of sp³-hybridized carbons (Fsp3) is 0. The molecule has 1 heterocycles. The Kier molecular flexibility index (Phi) is 3.21. The molecule has 0 amide bonds. The van der Waals surface area contributed by atoms with Crippen LogP contribution in [0.3, 0.4) is 0 Å². The van der Waals surface area contributed by atoms with Gasteiger partial charge >= 0.3 is 0 Å². The van der Waals surface area contributed by atoms with E-state index in [1.165, 1.54) is 0 Å². The minimum Gasteiger partial charge on any atom is -0.453 e. The number of para-hydroxylation sites is 4. The topological polar surface area (TPSA) is 12.5 Å². The predicted molar refractivity (Wildman–Crippen MR) is 91.2 cm³/mol. The Labute approximate surface area is 138 Å². The van der Waals surface area contributed by atoms with Gasteiger partial charge in [-0.3, -0.25) is 0 Å². The highest BCUT2D eigenvalue weighted by Crippen LogP contribution is 2.52. The third-order valence-corrected chi connectivity index (χ3v) is 4.41. The highest BCUT2D eigenvalue weighted by atomic mass is 35.5. The average molecular weight is 328 g/mol. The summed E-state index contributed by atoms with van der Waals surface area (Å²) in [5.41, 5.74) is 2.70. The Bertz CT molecular complexity index is 818. The summed E-state index contributed by atoms with van der Waals surface area (Å²) in [6, 6.07) is 21.4. The second-order valence-electron chi connectivity index (χ2n) is 4.95. The lowest BCUT2D eigenvalue weighted by Gasteiger charge is -2.33. The minimum absolute atomic E-state index is 0.524.